The van der Waals surface area contributed by atoms with Crippen molar-refractivity contribution in [2.75, 3.05) is 101 Å². The maximum Gasteiger partial charge on any atom is 0.240 e. The lowest BCUT2D eigenvalue weighted by Gasteiger charge is -2.46. The van der Waals surface area contributed by atoms with E-state index < -0.39 is 0 Å². The monoisotopic (exact) mass is 1490 g/mol. The van der Waals surface area contributed by atoms with Crippen LogP contribution in [-0.2, 0) is 44.9 Å². The highest BCUT2D eigenvalue weighted by atomic mass is 16.7. The molecule has 8 atom stereocenters. The Morgan fingerprint density at radius 1 is 0.324 bits per heavy atom. The SMILES string of the molecule is CN1CCN2[C@@H](c3ccc4c(c3)OCO4)c3[nH]c4ccccc4c3C[C@@H]2C1=O.CN1CCN2[C@@H](c3ccc4c(c3)OCO4)c3[nH]c4ccccc4c3C[C@H]2C1=O.CN1CCN2[C@H](c3ccc4c(c3)OCO4)c3[nH]c4ccccc4c3C[C@@H]2C1=O.O=C1CNC[C@H]2Cc3c([nH]c4ccccc34)[C@@H](c3ccc4c(c3)OCO4)N12. The molecule has 4 fully saturated rings. The van der Waals surface area contributed by atoms with Crippen molar-refractivity contribution in [3.05, 3.63) is 237 Å². The van der Waals surface area contributed by atoms with Crippen LogP contribution < -0.4 is 43.2 Å². The van der Waals surface area contributed by atoms with Gasteiger partial charge in [0.1, 0.15) is 0 Å². The third-order valence-electron chi connectivity index (χ3n) is 24.8. The summed E-state index contributed by atoms with van der Waals surface area (Å²) in [5.74, 6) is 6.91. The fraction of sp³-hybridized carbons (Fsp3) is 0.310. The number of benzene rings is 8. The molecule has 0 bridgehead atoms. The van der Waals surface area contributed by atoms with Crippen LogP contribution in [0.25, 0.3) is 43.6 Å². The van der Waals surface area contributed by atoms with Gasteiger partial charge in [0, 0.05) is 139 Å². The molecule has 8 aromatic carbocycles. The fourth-order valence-electron chi connectivity index (χ4n) is 19.5. The summed E-state index contributed by atoms with van der Waals surface area (Å²) in [7, 11) is 5.71. The van der Waals surface area contributed by atoms with Crippen LogP contribution >= 0.6 is 0 Å². The number of aromatic amines is 4. The maximum absolute atomic E-state index is 13.0. The molecule has 12 aliphatic heterocycles. The van der Waals surface area contributed by atoms with E-state index in [1.54, 1.807) is 0 Å². The van der Waals surface area contributed by atoms with E-state index in [4.69, 9.17) is 37.9 Å². The molecular formula is C87H82N12O12. The van der Waals surface area contributed by atoms with Gasteiger partial charge in [-0.25, -0.2) is 0 Å². The first-order chi connectivity index (χ1) is 54.4. The van der Waals surface area contributed by atoms with E-state index in [-0.39, 0.29) is 99.1 Å². The zero-order valence-corrected chi connectivity index (χ0v) is 61.6. The number of carbonyl (C=O) groups excluding carboxylic acids is 4. The lowest BCUT2D eigenvalue weighted by atomic mass is 9.86. The van der Waals surface area contributed by atoms with Crippen LogP contribution in [0.4, 0.5) is 0 Å². The summed E-state index contributed by atoms with van der Waals surface area (Å²) in [5, 5.41) is 8.15. The summed E-state index contributed by atoms with van der Waals surface area (Å²) in [5.41, 5.74) is 18.7. The first-order valence-corrected chi connectivity index (χ1v) is 38.4. The van der Waals surface area contributed by atoms with Gasteiger partial charge in [0.05, 0.1) is 48.8 Å². The Labute approximate surface area is 638 Å². The summed E-state index contributed by atoms with van der Waals surface area (Å²) in [4.78, 5) is 81.1. The first-order valence-electron chi connectivity index (χ1n) is 38.4. The van der Waals surface area contributed by atoms with Gasteiger partial charge in [-0.3, -0.25) is 33.9 Å². The molecule has 12 aromatic rings. The summed E-state index contributed by atoms with van der Waals surface area (Å²) in [6, 6.07) is 57.4. The quantitative estimate of drug-likeness (QED) is 0.110. The molecule has 0 saturated carbocycles. The molecule has 0 unspecified atom stereocenters. The van der Waals surface area contributed by atoms with E-state index in [0.29, 0.717) is 6.54 Å². The normalized spacial score (nSPS) is 23.7. The van der Waals surface area contributed by atoms with Crippen molar-refractivity contribution in [3.63, 3.8) is 0 Å². The lowest BCUT2D eigenvalue weighted by Crippen LogP contribution is -2.59. The van der Waals surface area contributed by atoms with Crippen LogP contribution in [0.1, 0.15) is 91.5 Å². The Kier molecular flexibility index (Phi) is 16.1. The van der Waals surface area contributed by atoms with E-state index >= 15 is 0 Å². The van der Waals surface area contributed by atoms with Gasteiger partial charge >= 0.3 is 0 Å². The van der Waals surface area contributed by atoms with Crippen molar-refractivity contribution in [2.24, 2.45) is 0 Å². The number of piperazine rings is 4. The molecule has 12 aliphatic rings. The number of rotatable bonds is 4. The number of aromatic nitrogens is 4. The Morgan fingerprint density at radius 3 is 0.946 bits per heavy atom. The maximum atomic E-state index is 13.0. The number of likely N-dealkylation sites (N-methyl/N-ethyl adjacent to an activating group) is 3. The van der Waals surface area contributed by atoms with Crippen molar-refractivity contribution >= 4 is 67.2 Å². The molecule has 24 heteroatoms. The number of carbonyl (C=O) groups is 4. The molecule has 562 valence electrons. The summed E-state index contributed by atoms with van der Waals surface area (Å²) >= 11 is 0. The average Bonchev–Trinajstić information content (AvgIpc) is 1.63. The molecule has 5 N–H and O–H groups in total. The van der Waals surface area contributed by atoms with Gasteiger partial charge in [-0.15, -0.1) is 0 Å². The second-order valence-electron chi connectivity index (χ2n) is 30.8. The molecule has 0 spiro atoms. The summed E-state index contributed by atoms with van der Waals surface area (Å²) in [6.07, 6.45) is 3.08. The molecular weight excluding hydrogens is 1410 g/mol. The van der Waals surface area contributed by atoms with Crippen LogP contribution in [-0.4, -0.2) is 203 Å². The smallest absolute Gasteiger partial charge is 0.240 e. The zero-order valence-electron chi connectivity index (χ0n) is 61.6. The van der Waals surface area contributed by atoms with Crippen LogP contribution in [0, 0.1) is 0 Å². The lowest BCUT2D eigenvalue weighted by molar-refractivity contribution is -0.142. The fourth-order valence-corrected chi connectivity index (χ4v) is 19.5. The molecule has 16 heterocycles. The summed E-state index contributed by atoms with van der Waals surface area (Å²) < 4.78 is 44.4. The Bertz CT molecular complexity index is 5370. The van der Waals surface area contributed by atoms with Gasteiger partial charge < -0.3 is 82.7 Å². The number of amides is 4. The van der Waals surface area contributed by atoms with E-state index in [9.17, 15) is 19.2 Å². The predicted molar refractivity (Wildman–Crippen MR) is 414 cm³/mol. The summed E-state index contributed by atoms with van der Waals surface area (Å²) in [6.45, 7) is 6.99. The van der Waals surface area contributed by atoms with Crippen LogP contribution in [0.3, 0.4) is 0 Å². The molecule has 24 rings (SSSR count). The van der Waals surface area contributed by atoms with Gasteiger partial charge in [0.2, 0.25) is 50.8 Å². The molecule has 4 saturated heterocycles. The Hall–Kier alpha value is -12.0. The first kappa shape index (κ1) is 67.2. The van der Waals surface area contributed by atoms with Gasteiger partial charge in [-0.05, 0) is 143 Å². The number of hydrogen-bond acceptors (Lipinski definition) is 16. The Morgan fingerprint density at radius 2 is 0.613 bits per heavy atom. The van der Waals surface area contributed by atoms with Crippen molar-refractivity contribution in [2.45, 2.75) is 74.0 Å². The highest BCUT2D eigenvalue weighted by molar-refractivity contribution is 5.93. The minimum absolute atomic E-state index is 0.00620. The Balaban J connectivity index is 0.0000000937. The standard InChI is InChI=1S/3C22H21N3O3.C21H19N3O3/c3*1-24-8-9-25-17(22(24)26)11-15-14-4-2-3-5-16(14)23-20(15)21(25)13-6-7-18-19(10-13)28-12-27-18;25-19-10-22-9-13-8-15-14-3-1-2-4-16(14)23-20(15)21(24(13)19)12-5-6-17-18(7-12)27-11-26-17/h3*2-7,10,17,21,23H,8-9,11-12H2,1H3;1-7,13,21-23H,8-11H2/t17-,21+;2*17-,21-;13-,21-/m1101/s1. The third-order valence-corrected chi connectivity index (χ3v) is 24.8. The molecule has 0 radical (unpaired) electrons. The average molecular weight is 1490 g/mol. The zero-order chi connectivity index (χ0) is 74.4. The topological polar surface area (TPSA) is 240 Å². The number of fused-ring (bicyclic) bond motifs is 20. The van der Waals surface area contributed by atoms with Crippen molar-refractivity contribution in [3.8, 4) is 46.0 Å². The van der Waals surface area contributed by atoms with E-state index in [1.807, 2.05) is 101 Å². The van der Waals surface area contributed by atoms with E-state index in [1.165, 1.54) is 60.9 Å². The van der Waals surface area contributed by atoms with Crippen LogP contribution in [0.15, 0.2) is 170 Å². The van der Waals surface area contributed by atoms with Gasteiger partial charge in [-0.1, -0.05) is 97.1 Å². The number of H-pyrrole nitrogens is 4. The van der Waals surface area contributed by atoms with Gasteiger partial charge in [0.25, 0.3) is 0 Å². The number of ether oxygens (including phenoxy) is 8. The van der Waals surface area contributed by atoms with Crippen LogP contribution in [0.5, 0.6) is 46.0 Å². The second kappa shape index (κ2) is 26.7. The highest BCUT2D eigenvalue weighted by Crippen LogP contribution is 2.50. The minimum atomic E-state index is -0.143. The van der Waals surface area contributed by atoms with Crippen LogP contribution in [0.2, 0.25) is 0 Å². The largest absolute Gasteiger partial charge is 0.454 e. The number of nitrogens with zero attached hydrogens (tertiary/aromatic N) is 7. The van der Waals surface area contributed by atoms with Gasteiger partial charge in [0.15, 0.2) is 46.0 Å². The third kappa shape index (κ3) is 11.1. The van der Waals surface area contributed by atoms with E-state index in [0.717, 1.165) is 168 Å². The second-order valence-corrected chi connectivity index (χ2v) is 30.8. The van der Waals surface area contributed by atoms with Crippen molar-refractivity contribution in [1.29, 1.82) is 0 Å². The molecule has 111 heavy (non-hydrogen) atoms. The van der Waals surface area contributed by atoms with Crippen molar-refractivity contribution in [1.82, 2.24) is 59.6 Å². The highest BCUT2D eigenvalue weighted by Gasteiger charge is 2.49. The number of hydrogen-bond donors (Lipinski definition) is 5. The minimum Gasteiger partial charge on any atom is -0.454 e. The number of para-hydroxylation sites is 4. The van der Waals surface area contributed by atoms with Crippen molar-refractivity contribution < 1.29 is 57.1 Å². The molecule has 4 aromatic heterocycles. The molecule has 0 aliphatic carbocycles. The molecule has 24 nitrogen and oxygen atoms in total. The van der Waals surface area contributed by atoms with Gasteiger partial charge in [-0.2, -0.15) is 0 Å². The predicted octanol–water partition coefficient (Wildman–Crippen LogP) is 10.4. The van der Waals surface area contributed by atoms with E-state index in [2.05, 4.69) is 149 Å². The molecule has 4 amide bonds. The number of nitrogens with one attached hydrogen (secondary N) is 5.